The highest BCUT2D eigenvalue weighted by Crippen LogP contribution is 2.11. The number of benzene rings is 1. The first kappa shape index (κ1) is 15.5. The van der Waals surface area contributed by atoms with E-state index >= 15 is 0 Å². The Morgan fingerprint density at radius 1 is 1.35 bits per heavy atom. The number of hydrogen-bond donors (Lipinski definition) is 1. The zero-order chi connectivity index (χ0) is 15.0. The van der Waals surface area contributed by atoms with Gasteiger partial charge in [-0.1, -0.05) is 0 Å². The zero-order valence-corrected chi connectivity index (χ0v) is 11.5. The van der Waals surface area contributed by atoms with Gasteiger partial charge in [-0.05, 0) is 31.2 Å². The maximum atomic E-state index is 11.7. The molecule has 0 bridgehead atoms. The molecule has 0 aliphatic heterocycles. The van der Waals surface area contributed by atoms with E-state index in [1.54, 1.807) is 31.3 Å². The molecule has 0 aliphatic rings. The van der Waals surface area contributed by atoms with E-state index in [9.17, 15) is 9.59 Å². The molecule has 0 spiro atoms. The Morgan fingerprint density at radius 3 is 2.55 bits per heavy atom. The van der Waals surface area contributed by atoms with Crippen LogP contribution in [0.2, 0.25) is 0 Å². The van der Waals surface area contributed by atoms with Crippen molar-refractivity contribution in [3.05, 3.63) is 29.8 Å². The van der Waals surface area contributed by atoms with Crippen LogP contribution in [0, 0.1) is 11.3 Å². The number of hydrogen-bond acceptors (Lipinski definition) is 4. The van der Waals surface area contributed by atoms with Crippen LogP contribution in [0.25, 0.3) is 0 Å². The molecule has 106 valence electrons. The van der Waals surface area contributed by atoms with Crippen molar-refractivity contribution in [2.24, 2.45) is 0 Å². The molecule has 2 amide bonds. The summed E-state index contributed by atoms with van der Waals surface area (Å²) >= 11 is 0. The van der Waals surface area contributed by atoms with Gasteiger partial charge in [0.1, 0.15) is 5.75 Å². The number of rotatable bonds is 6. The Morgan fingerprint density at radius 2 is 2.00 bits per heavy atom. The lowest BCUT2D eigenvalue weighted by Crippen LogP contribution is -2.40. The van der Waals surface area contributed by atoms with E-state index < -0.39 is 0 Å². The van der Waals surface area contributed by atoms with Crippen LogP contribution in [0.3, 0.4) is 0 Å². The van der Waals surface area contributed by atoms with Gasteiger partial charge in [0.15, 0.2) is 6.61 Å². The topological polar surface area (TPSA) is 82.4 Å². The van der Waals surface area contributed by atoms with Crippen molar-refractivity contribution in [3.63, 3.8) is 0 Å². The second kappa shape index (κ2) is 7.79. The number of ether oxygens (including phenoxy) is 1. The second-order valence-corrected chi connectivity index (χ2v) is 4.13. The van der Waals surface area contributed by atoms with Crippen molar-refractivity contribution in [1.29, 1.82) is 5.26 Å². The molecule has 1 aromatic carbocycles. The molecule has 0 radical (unpaired) electrons. The van der Waals surface area contributed by atoms with Crippen LogP contribution in [0.5, 0.6) is 5.75 Å². The maximum absolute atomic E-state index is 11.7. The largest absolute Gasteiger partial charge is 0.484 e. The van der Waals surface area contributed by atoms with Crippen molar-refractivity contribution in [1.82, 2.24) is 10.2 Å². The van der Waals surface area contributed by atoms with Gasteiger partial charge in [0.2, 0.25) is 5.91 Å². The molecular formula is C14H17N3O3. The molecule has 6 heteroatoms. The number of amides is 2. The van der Waals surface area contributed by atoms with Crippen molar-refractivity contribution in [3.8, 4) is 11.8 Å². The summed E-state index contributed by atoms with van der Waals surface area (Å²) in [6.45, 7) is 2.20. The summed E-state index contributed by atoms with van der Waals surface area (Å²) in [6.07, 6.45) is 0. The van der Waals surface area contributed by atoms with Crippen LogP contribution in [-0.2, 0) is 9.59 Å². The lowest BCUT2D eigenvalue weighted by molar-refractivity contribution is -0.136. The van der Waals surface area contributed by atoms with Crippen LogP contribution >= 0.6 is 0 Å². The highest BCUT2D eigenvalue weighted by atomic mass is 16.5. The fraction of sp³-hybridized carbons (Fsp3) is 0.357. The minimum Gasteiger partial charge on any atom is -0.484 e. The highest BCUT2D eigenvalue weighted by molar-refractivity contribution is 5.85. The molecule has 0 aromatic heterocycles. The molecule has 0 aliphatic carbocycles. The predicted octanol–water partition coefficient (Wildman–Crippen LogP) is 0.532. The Hall–Kier alpha value is -2.55. The van der Waals surface area contributed by atoms with Crippen LogP contribution in [-0.4, -0.2) is 43.5 Å². The minimum atomic E-state index is -0.291. The van der Waals surface area contributed by atoms with Crippen molar-refractivity contribution >= 4 is 11.8 Å². The molecule has 1 rings (SSSR count). The van der Waals surface area contributed by atoms with E-state index in [-0.39, 0.29) is 25.0 Å². The summed E-state index contributed by atoms with van der Waals surface area (Å²) in [5, 5.41) is 11.3. The van der Waals surface area contributed by atoms with Crippen molar-refractivity contribution in [2.45, 2.75) is 6.92 Å². The molecule has 0 heterocycles. The third kappa shape index (κ3) is 4.98. The van der Waals surface area contributed by atoms with Gasteiger partial charge in [-0.15, -0.1) is 0 Å². The van der Waals surface area contributed by atoms with Crippen molar-refractivity contribution in [2.75, 3.05) is 26.7 Å². The van der Waals surface area contributed by atoms with Gasteiger partial charge < -0.3 is 15.0 Å². The Bertz CT molecular complexity index is 505. The SMILES string of the molecule is CCNC(=O)CN(C)C(=O)COc1ccc(C#N)cc1. The molecule has 1 aromatic rings. The maximum Gasteiger partial charge on any atom is 0.260 e. The Balaban J connectivity index is 2.42. The van der Waals surface area contributed by atoms with E-state index in [1.165, 1.54) is 4.90 Å². The molecule has 0 fully saturated rings. The fourth-order valence-electron chi connectivity index (χ4n) is 1.44. The molecule has 0 saturated carbocycles. The first-order valence-corrected chi connectivity index (χ1v) is 6.20. The monoisotopic (exact) mass is 275 g/mol. The third-order valence-corrected chi connectivity index (χ3v) is 2.53. The van der Waals surface area contributed by atoms with E-state index in [0.29, 0.717) is 17.9 Å². The standard InChI is InChI=1S/C14H17N3O3/c1-3-16-13(18)9-17(2)14(19)10-20-12-6-4-11(8-15)5-7-12/h4-7H,3,9-10H2,1-2H3,(H,16,18). The minimum absolute atomic E-state index is 0.00338. The van der Waals surface area contributed by atoms with Crippen molar-refractivity contribution < 1.29 is 14.3 Å². The lowest BCUT2D eigenvalue weighted by Gasteiger charge is -2.16. The number of nitrogens with zero attached hydrogens (tertiary/aromatic N) is 2. The van der Waals surface area contributed by atoms with E-state index in [1.807, 2.05) is 13.0 Å². The van der Waals surface area contributed by atoms with Crippen LogP contribution in [0.15, 0.2) is 24.3 Å². The van der Waals surface area contributed by atoms with E-state index in [2.05, 4.69) is 5.32 Å². The first-order chi connectivity index (χ1) is 9.56. The summed E-state index contributed by atoms with van der Waals surface area (Å²) in [7, 11) is 1.54. The number of nitrogens with one attached hydrogen (secondary N) is 1. The van der Waals surface area contributed by atoms with E-state index in [0.717, 1.165) is 0 Å². The molecule has 6 nitrogen and oxygen atoms in total. The number of likely N-dealkylation sites (N-methyl/N-ethyl adjacent to an activating group) is 2. The quantitative estimate of drug-likeness (QED) is 0.821. The molecule has 20 heavy (non-hydrogen) atoms. The van der Waals surface area contributed by atoms with Crippen LogP contribution < -0.4 is 10.1 Å². The van der Waals surface area contributed by atoms with E-state index in [4.69, 9.17) is 10.00 Å². The van der Waals surface area contributed by atoms with Gasteiger partial charge in [0.25, 0.3) is 5.91 Å². The summed E-state index contributed by atoms with van der Waals surface area (Å²) in [4.78, 5) is 24.4. The van der Waals surface area contributed by atoms with Gasteiger partial charge in [-0.2, -0.15) is 5.26 Å². The lowest BCUT2D eigenvalue weighted by atomic mass is 10.2. The fourth-order valence-corrected chi connectivity index (χ4v) is 1.44. The summed E-state index contributed by atoms with van der Waals surface area (Å²) in [6, 6.07) is 8.46. The molecule has 0 saturated heterocycles. The zero-order valence-electron chi connectivity index (χ0n) is 11.5. The van der Waals surface area contributed by atoms with Gasteiger partial charge in [0, 0.05) is 13.6 Å². The van der Waals surface area contributed by atoms with Crippen LogP contribution in [0.4, 0.5) is 0 Å². The van der Waals surface area contributed by atoms with Gasteiger partial charge in [-0.25, -0.2) is 0 Å². The third-order valence-electron chi connectivity index (χ3n) is 2.53. The average Bonchev–Trinajstić information content (AvgIpc) is 2.45. The molecule has 0 unspecified atom stereocenters. The average molecular weight is 275 g/mol. The number of carbonyl (C=O) groups is 2. The summed E-state index contributed by atoms with van der Waals surface area (Å²) in [5.41, 5.74) is 0.525. The normalized spacial score (nSPS) is 9.45. The Labute approximate surface area is 117 Å². The number of nitriles is 1. The Kier molecular flexibility index (Phi) is 6.04. The first-order valence-electron chi connectivity index (χ1n) is 6.20. The van der Waals surface area contributed by atoms with Gasteiger partial charge >= 0.3 is 0 Å². The molecular weight excluding hydrogens is 258 g/mol. The van der Waals surface area contributed by atoms with Gasteiger partial charge in [-0.3, -0.25) is 9.59 Å². The molecule has 1 N–H and O–H groups in total. The second-order valence-electron chi connectivity index (χ2n) is 4.13. The smallest absolute Gasteiger partial charge is 0.260 e. The molecule has 0 atom stereocenters. The van der Waals surface area contributed by atoms with Gasteiger partial charge in [0.05, 0.1) is 18.2 Å². The van der Waals surface area contributed by atoms with Crippen LogP contribution in [0.1, 0.15) is 12.5 Å². The predicted molar refractivity (Wildman–Crippen MR) is 73.0 cm³/mol. The number of carbonyl (C=O) groups excluding carboxylic acids is 2. The highest BCUT2D eigenvalue weighted by Gasteiger charge is 2.12. The summed E-state index contributed by atoms with van der Waals surface area (Å²) < 4.78 is 5.30. The summed E-state index contributed by atoms with van der Waals surface area (Å²) in [5.74, 6) is 0.00564.